The second kappa shape index (κ2) is 6.08. The maximum Gasteiger partial charge on any atom is 0.264 e. The standard InChI is InChI=1S/C13H10BrF2NO3S/c14-9-2-3-10(15)12(6-9)17-21(19,20)13-4-1-8(7-18)5-11(13)16/h1-6,17-18H,7H2. The zero-order chi connectivity index (χ0) is 15.6. The van der Waals surface area contributed by atoms with Crippen LogP contribution >= 0.6 is 15.9 Å². The molecule has 0 saturated carbocycles. The summed E-state index contributed by atoms with van der Waals surface area (Å²) in [5.74, 6) is -1.81. The Morgan fingerprint density at radius 3 is 2.43 bits per heavy atom. The summed E-state index contributed by atoms with van der Waals surface area (Å²) in [7, 11) is -4.28. The zero-order valence-electron chi connectivity index (χ0n) is 10.5. The van der Waals surface area contributed by atoms with E-state index in [1.54, 1.807) is 0 Å². The van der Waals surface area contributed by atoms with Gasteiger partial charge in [-0.15, -0.1) is 0 Å². The minimum Gasteiger partial charge on any atom is -0.392 e. The summed E-state index contributed by atoms with van der Waals surface area (Å²) >= 11 is 3.09. The fourth-order valence-corrected chi connectivity index (χ4v) is 3.12. The smallest absolute Gasteiger partial charge is 0.264 e. The maximum absolute atomic E-state index is 13.8. The number of anilines is 1. The monoisotopic (exact) mass is 377 g/mol. The molecule has 0 bridgehead atoms. The van der Waals surface area contributed by atoms with Crippen LogP contribution in [0, 0.1) is 11.6 Å². The van der Waals surface area contributed by atoms with Crippen molar-refractivity contribution in [1.29, 1.82) is 0 Å². The molecule has 0 spiro atoms. The SMILES string of the molecule is O=S(=O)(Nc1cc(Br)ccc1F)c1ccc(CO)cc1F. The molecule has 0 aromatic heterocycles. The molecule has 2 N–H and O–H groups in total. The Morgan fingerprint density at radius 2 is 1.81 bits per heavy atom. The number of rotatable bonds is 4. The van der Waals surface area contributed by atoms with Gasteiger partial charge in [-0.05, 0) is 35.9 Å². The van der Waals surface area contributed by atoms with E-state index in [2.05, 4.69) is 15.9 Å². The van der Waals surface area contributed by atoms with Gasteiger partial charge in [0.2, 0.25) is 0 Å². The second-order valence-electron chi connectivity index (χ2n) is 4.15. The Hall–Kier alpha value is -1.51. The highest BCUT2D eigenvalue weighted by molar-refractivity contribution is 9.10. The highest BCUT2D eigenvalue weighted by Crippen LogP contribution is 2.24. The molecule has 0 amide bonds. The Kier molecular flexibility index (Phi) is 4.60. The molecule has 2 aromatic carbocycles. The molecule has 0 heterocycles. The van der Waals surface area contributed by atoms with Crippen LogP contribution in [0.3, 0.4) is 0 Å². The fraction of sp³-hybridized carbons (Fsp3) is 0.0769. The van der Waals surface area contributed by atoms with Crippen molar-refractivity contribution >= 4 is 31.6 Å². The highest BCUT2D eigenvalue weighted by Gasteiger charge is 2.21. The predicted octanol–water partition coefficient (Wildman–Crippen LogP) is 3.02. The van der Waals surface area contributed by atoms with Crippen molar-refractivity contribution in [3.63, 3.8) is 0 Å². The maximum atomic E-state index is 13.8. The van der Waals surface area contributed by atoms with Crippen LogP contribution in [-0.4, -0.2) is 13.5 Å². The Balaban J connectivity index is 2.41. The van der Waals surface area contributed by atoms with Crippen molar-refractivity contribution < 1.29 is 22.3 Å². The summed E-state index contributed by atoms with van der Waals surface area (Å²) in [6, 6.07) is 6.91. The van der Waals surface area contributed by atoms with Gasteiger partial charge in [0.15, 0.2) is 0 Å². The summed E-state index contributed by atoms with van der Waals surface area (Å²) in [6.07, 6.45) is 0. The number of benzene rings is 2. The number of sulfonamides is 1. The topological polar surface area (TPSA) is 66.4 Å². The third-order valence-electron chi connectivity index (χ3n) is 2.64. The van der Waals surface area contributed by atoms with Crippen LogP contribution in [-0.2, 0) is 16.6 Å². The van der Waals surface area contributed by atoms with Crippen LogP contribution < -0.4 is 4.72 Å². The van der Waals surface area contributed by atoms with Gasteiger partial charge in [-0.1, -0.05) is 22.0 Å². The lowest BCUT2D eigenvalue weighted by Crippen LogP contribution is -2.15. The van der Waals surface area contributed by atoms with E-state index in [0.717, 1.165) is 18.2 Å². The molecule has 0 unspecified atom stereocenters. The van der Waals surface area contributed by atoms with Gasteiger partial charge in [-0.2, -0.15) is 0 Å². The first-order chi connectivity index (χ1) is 9.83. The third kappa shape index (κ3) is 3.58. The van der Waals surface area contributed by atoms with E-state index in [1.165, 1.54) is 18.2 Å². The van der Waals surface area contributed by atoms with Crippen molar-refractivity contribution in [2.45, 2.75) is 11.5 Å². The number of aliphatic hydroxyl groups excluding tert-OH is 1. The molecular weight excluding hydrogens is 368 g/mol. The molecule has 0 fully saturated rings. The summed E-state index contributed by atoms with van der Waals surface area (Å²) in [5, 5.41) is 8.87. The van der Waals surface area contributed by atoms with Crippen LogP contribution in [0.15, 0.2) is 45.8 Å². The molecule has 2 aromatic rings. The van der Waals surface area contributed by atoms with Gasteiger partial charge in [-0.25, -0.2) is 17.2 Å². The Morgan fingerprint density at radius 1 is 1.10 bits per heavy atom. The van der Waals surface area contributed by atoms with Gasteiger partial charge >= 0.3 is 0 Å². The van der Waals surface area contributed by atoms with E-state index < -0.39 is 33.2 Å². The molecule has 4 nitrogen and oxygen atoms in total. The van der Waals surface area contributed by atoms with Crippen molar-refractivity contribution in [2.24, 2.45) is 0 Å². The number of nitrogens with one attached hydrogen (secondary N) is 1. The van der Waals surface area contributed by atoms with Crippen molar-refractivity contribution in [3.05, 3.63) is 58.1 Å². The van der Waals surface area contributed by atoms with E-state index in [-0.39, 0.29) is 11.3 Å². The van der Waals surface area contributed by atoms with E-state index in [1.807, 2.05) is 4.72 Å². The number of halogens is 3. The zero-order valence-corrected chi connectivity index (χ0v) is 12.9. The minimum absolute atomic E-state index is 0.236. The first-order valence-corrected chi connectivity index (χ1v) is 7.98. The van der Waals surface area contributed by atoms with E-state index in [0.29, 0.717) is 4.47 Å². The van der Waals surface area contributed by atoms with Crippen LogP contribution in [0.4, 0.5) is 14.5 Å². The minimum atomic E-state index is -4.28. The molecule has 21 heavy (non-hydrogen) atoms. The fourth-order valence-electron chi connectivity index (χ4n) is 1.64. The Bertz CT molecular complexity index is 781. The van der Waals surface area contributed by atoms with Crippen molar-refractivity contribution in [3.8, 4) is 0 Å². The largest absolute Gasteiger partial charge is 0.392 e. The van der Waals surface area contributed by atoms with E-state index in [4.69, 9.17) is 5.11 Å². The lowest BCUT2D eigenvalue weighted by molar-refractivity contribution is 0.281. The number of aliphatic hydroxyl groups is 1. The summed E-state index contributed by atoms with van der Waals surface area (Å²) in [6.45, 7) is -0.412. The van der Waals surface area contributed by atoms with Crippen molar-refractivity contribution in [1.82, 2.24) is 0 Å². The normalized spacial score (nSPS) is 11.4. The number of hydrogen-bond donors (Lipinski definition) is 2. The van der Waals surface area contributed by atoms with Gasteiger partial charge in [0, 0.05) is 4.47 Å². The third-order valence-corrected chi connectivity index (χ3v) is 4.53. The average molecular weight is 378 g/mol. The molecule has 8 heteroatoms. The van der Waals surface area contributed by atoms with Crippen LogP contribution in [0.2, 0.25) is 0 Å². The van der Waals surface area contributed by atoms with Gasteiger partial charge in [0.05, 0.1) is 12.3 Å². The molecule has 0 aliphatic heterocycles. The van der Waals surface area contributed by atoms with Crippen LogP contribution in [0.25, 0.3) is 0 Å². The first kappa shape index (κ1) is 15.9. The molecule has 112 valence electrons. The van der Waals surface area contributed by atoms with E-state index >= 15 is 0 Å². The predicted molar refractivity (Wildman–Crippen MR) is 77.2 cm³/mol. The van der Waals surface area contributed by atoms with Gasteiger partial charge in [0.1, 0.15) is 16.5 Å². The lowest BCUT2D eigenvalue weighted by atomic mass is 10.2. The van der Waals surface area contributed by atoms with Gasteiger partial charge < -0.3 is 5.11 Å². The highest BCUT2D eigenvalue weighted by atomic mass is 79.9. The summed E-state index contributed by atoms with van der Waals surface area (Å²) in [5.41, 5.74) is -0.0601. The average Bonchev–Trinajstić information content (AvgIpc) is 2.42. The lowest BCUT2D eigenvalue weighted by Gasteiger charge is -2.10. The molecule has 0 radical (unpaired) electrons. The summed E-state index contributed by atoms with van der Waals surface area (Å²) in [4.78, 5) is -0.626. The molecule has 0 saturated heterocycles. The molecule has 2 rings (SSSR count). The Labute approximate surface area is 128 Å². The first-order valence-electron chi connectivity index (χ1n) is 5.70. The number of hydrogen-bond acceptors (Lipinski definition) is 3. The molecule has 0 aliphatic rings. The van der Waals surface area contributed by atoms with Crippen LogP contribution in [0.1, 0.15) is 5.56 Å². The molecular formula is C13H10BrF2NO3S. The van der Waals surface area contributed by atoms with Crippen molar-refractivity contribution in [2.75, 3.05) is 4.72 Å². The van der Waals surface area contributed by atoms with Crippen LogP contribution in [0.5, 0.6) is 0 Å². The molecule has 0 aliphatic carbocycles. The second-order valence-corrected chi connectivity index (χ2v) is 6.72. The molecule has 0 atom stereocenters. The van der Waals surface area contributed by atoms with Gasteiger partial charge in [0.25, 0.3) is 10.0 Å². The summed E-state index contributed by atoms with van der Waals surface area (Å²) < 4.78 is 54.0. The van der Waals surface area contributed by atoms with E-state index in [9.17, 15) is 17.2 Å². The quantitative estimate of drug-likeness (QED) is 0.860. The van der Waals surface area contributed by atoms with Gasteiger partial charge in [-0.3, -0.25) is 4.72 Å².